The molecule has 3 rings (SSSR count). The molecule has 5 nitrogen and oxygen atoms in total. The van der Waals surface area contributed by atoms with Crippen LogP contribution >= 0.6 is 0 Å². The lowest BCUT2D eigenvalue weighted by Crippen LogP contribution is -2.51. The predicted octanol–water partition coefficient (Wildman–Crippen LogP) is 3.34. The molecule has 1 N–H and O–H groups in total. The molecule has 1 saturated heterocycles. The van der Waals surface area contributed by atoms with Gasteiger partial charge in [0.25, 0.3) is 0 Å². The van der Waals surface area contributed by atoms with Crippen molar-refractivity contribution < 1.29 is 9.59 Å². The van der Waals surface area contributed by atoms with Crippen LogP contribution in [0, 0.1) is 13.8 Å². The monoisotopic (exact) mass is 351 g/mol. The maximum absolute atomic E-state index is 12.6. The minimum atomic E-state index is -0.0865. The molecule has 0 aliphatic carbocycles. The van der Waals surface area contributed by atoms with Crippen molar-refractivity contribution in [3.8, 4) is 0 Å². The standard InChI is InChI=1S/C21H25N3O2/c1-16-8-9-19(17(2)14-16)20(25)15-23-10-12-24(13-11-23)21(26)22-18-6-4-3-5-7-18/h3-9,14H,10-13,15H2,1-2H3,(H,22,26). The second kappa shape index (κ2) is 8.15. The van der Waals surface area contributed by atoms with Crippen LogP contribution in [0.15, 0.2) is 48.5 Å². The van der Waals surface area contributed by atoms with E-state index in [1.807, 2.05) is 62.4 Å². The molecule has 0 saturated carbocycles. The zero-order valence-corrected chi connectivity index (χ0v) is 15.4. The number of rotatable bonds is 4. The van der Waals surface area contributed by atoms with Gasteiger partial charge in [-0.05, 0) is 31.5 Å². The van der Waals surface area contributed by atoms with Crippen LogP contribution in [0.5, 0.6) is 0 Å². The fourth-order valence-electron chi connectivity index (χ4n) is 3.25. The van der Waals surface area contributed by atoms with E-state index < -0.39 is 0 Å². The summed E-state index contributed by atoms with van der Waals surface area (Å²) in [6, 6.07) is 15.3. The van der Waals surface area contributed by atoms with Crippen LogP contribution in [-0.2, 0) is 0 Å². The number of hydrogen-bond acceptors (Lipinski definition) is 3. The average molecular weight is 351 g/mol. The van der Waals surface area contributed by atoms with Gasteiger partial charge in [0.1, 0.15) is 0 Å². The van der Waals surface area contributed by atoms with Crippen LogP contribution in [0.3, 0.4) is 0 Å². The highest BCUT2D eigenvalue weighted by Crippen LogP contribution is 2.13. The minimum Gasteiger partial charge on any atom is -0.322 e. The SMILES string of the molecule is Cc1ccc(C(=O)CN2CCN(C(=O)Nc3ccccc3)CC2)c(C)c1. The number of hydrogen-bond donors (Lipinski definition) is 1. The van der Waals surface area contributed by atoms with E-state index in [2.05, 4.69) is 10.2 Å². The quantitative estimate of drug-likeness (QED) is 0.860. The summed E-state index contributed by atoms with van der Waals surface area (Å²) in [5.41, 5.74) is 3.78. The average Bonchev–Trinajstić information content (AvgIpc) is 2.63. The van der Waals surface area contributed by atoms with E-state index in [0.29, 0.717) is 32.7 Å². The van der Waals surface area contributed by atoms with E-state index in [1.165, 1.54) is 0 Å². The van der Waals surface area contributed by atoms with Gasteiger partial charge in [0.15, 0.2) is 5.78 Å². The van der Waals surface area contributed by atoms with Gasteiger partial charge in [0.2, 0.25) is 0 Å². The molecule has 0 spiro atoms. The lowest BCUT2D eigenvalue weighted by molar-refractivity contribution is 0.0883. The third-order valence-electron chi connectivity index (χ3n) is 4.73. The second-order valence-electron chi connectivity index (χ2n) is 6.80. The van der Waals surface area contributed by atoms with Crippen LogP contribution in [0.2, 0.25) is 0 Å². The number of urea groups is 1. The summed E-state index contributed by atoms with van der Waals surface area (Å²) in [5, 5.41) is 2.91. The smallest absolute Gasteiger partial charge is 0.321 e. The zero-order chi connectivity index (χ0) is 18.5. The molecule has 5 heteroatoms. The number of ketones is 1. The van der Waals surface area contributed by atoms with E-state index >= 15 is 0 Å². The van der Waals surface area contributed by atoms with Crippen LogP contribution in [0.1, 0.15) is 21.5 Å². The van der Waals surface area contributed by atoms with Gasteiger partial charge in [-0.15, -0.1) is 0 Å². The van der Waals surface area contributed by atoms with Crippen molar-refractivity contribution in [2.75, 3.05) is 38.0 Å². The number of anilines is 1. The zero-order valence-electron chi connectivity index (χ0n) is 15.4. The Morgan fingerprint density at radius 3 is 2.31 bits per heavy atom. The Hall–Kier alpha value is -2.66. The largest absolute Gasteiger partial charge is 0.322 e. The highest BCUT2D eigenvalue weighted by atomic mass is 16.2. The summed E-state index contributed by atoms with van der Waals surface area (Å²) in [6.07, 6.45) is 0. The molecule has 0 radical (unpaired) electrons. The van der Waals surface area contributed by atoms with Gasteiger partial charge in [0.05, 0.1) is 6.54 Å². The number of carbonyl (C=O) groups is 2. The van der Waals surface area contributed by atoms with Crippen LogP contribution in [-0.4, -0.2) is 54.3 Å². The van der Waals surface area contributed by atoms with E-state index in [0.717, 1.165) is 22.4 Å². The van der Waals surface area contributed by atoms with Gasteiger partial charge in [-0.2, -0.15) is 0 Å². The van der Waals surface area contributed by atoms with Gasteiger partial charge in [-0.25, -0.2) is 4.79 Å². The van der Waals surface area contributed by atoms with Crippen molar-refractivity contribution in [2.45, 2.75) is 13.8 Å². The fourth-order valence-corrected chi connectivity index (χ4v) is 3.25. The van der Waals surface area contributed by atoms with Crippen molar-refractivity contribution in [1.82, 2.24) is 9.80 Å². The summed E-state index contributed by atoms with van der Waals surface area (Å²) in [6.45, 7) is 7.07. The minimum absolute atomic E-state index is 0.0865. The number of nitrogens with zero attached hydrogens (tertiary/aromatic N) is 2. The third kappa shape index (κ3) is 4.49. The van der Waals surface area contributed by atoms with E-state index in [-0.39, 0.29) is 11.8 Å². The molecule has 2 aromatic carbocycles. The topological polar surface area (TPSA) is 52.7 Å². The first-order chi connectivity index (χ1) is 12.5. The maximum atomic E-state index is 12.6. The molecule has 1 fully saturated rings. The molecular weight excluding hydrogens is 326 g/mol. The van der Waals surface area contributed by atoms with Crippen molar-refractivity contribution in [3.05, 3.63) is 65.2 Å². The number of nitrogens with one attached hydrogen (secondary N) is 1. The van der Waals surface area contributed by atoms with E-state index in [9.17, 15) is 9.59 Å². The lowest BCUT2D eigenvalue weighted by atomic mass is 10.0. The van der Waals surface area contributed by atoms with Crippen LogP contribution < -0.4 is 5.32 Å². The molecule has 0 bridgehead atoms. The van der Waals surface area contributed by atoms with Crippen LogP contribution in [0.4, 0.5) is 10.5 Å². The molecule has 2 amide bonds. The lowest BCUT2D eigenvalue weighted by Gasteiger charge is -2.34. The molecule has 1 aliphatic rings. The molecule has 26 heavy (non-hydrogen) atoms. The van der Waals surface area contributed by atoms with Crippen molar-refractivity contribution in [1.29, 1.82) is 0 Å². The molecule has 0 atom stereocenters. The number of para-hydroxylation sites is 1. The van der Waals surface area contributed by atoms with Crippen molar-refractivity contribution in [3.63, 3.8) is 0 Å². The summed E-state index contributed by atoms with van der Waals surface area (Å²) in [7, 11) is 0. The highest BCUT2D eigenvalue weighted by molar-refractivity contribution is 5.99. The normalized spacial score (nSPS) is 14.9. The van der Waals surface area contributed by atoms with Crippen molar-refractivity contribution >= 4 is 17.5 Å². The first-order valence-corrected chi connectivity index (χ1v) is 8.97. The number of aryl methyl sites for hydroxylation is 2. The number of carbonyl (C=O) groups excluding carboxylic acids is 2. The predicted molar refractivity (Wildman–Crippen MR) is 104 cm³/mol. The molecule has 0 unspecified atom stereocenters. The van der Waals surface area contributed by atoms with Gasteiger partial charge in [0, 0.05) is 37.4 Å². The Bertz CT molecular complexity index is 781. The molecular formula is C21H25N3O2. The molecule has 1 aliphatic heterocycles. The molecule has 0 aromatic heterocycles. The number of benzene rings is 2. The van der Waals surface area contributed by atoms with Gasteiger partial charge in [-0.1, -0.05) is 42.0 Å². The summed E-state index contributed by atoms with van der Waals surface area (Å²) in [5.74, 6) is 0.143. The van der Waals surface area contributed by atoms with E-state index in [4.69, 9.17) is 0 Å². The Kier molecular flexibility index (Phi) is 5.68. The van der Waals surface area contributed by atoms with Crippen molar-refractivity contribution in [2.24, 2.45) is 0 Å². The Labute approximate surface area is 154 Å². The van der Waals surface area contributed by atoms with Gasteiger partial charge < -0.3 is 10.2 Å². The molecule has 2 aromatic rings. The first-order valence-electron chi connectivity index (χ1n) is 8.97. The third-order valence-corrected chi connectivity index (χ3v) is 4.73. The summed E-state index contributed by atoms with van der Waals surface area (Å²) < 4.78 is 0. The molecule has 136 valence electrons. The van der Waals surface area contributed by atoms with Gasteiger partial charge in [-0.3, -0.25) is 9.69 Å². The Balaban J connectivity index is 1.50. The van der Waals surface area contributed by atoms with E-state index in [1.54, 1.807) is 4.90 Å². The van der Waals surface area contributed by atoms with Crippen LogP contribution in [0.25, 0.3) is 0 Å². The Morgan fingerprint density at radius 1 is 0.962 bits per heavy atom. The number of piperazine rings is 1. The first kappa shape index (κ1) is 18.1. The number of Topliss-reactive ketones (excluding diaryl/α,β-unsaturated/α-hetero) is 1. The molecule has 1 heterocycles. The Morgan fingerprint density at radius 2 is 1.65 bits per heavy atom. The summed E-state index contributed by atoms with van der Waals surface area (Å²) in [4.78, 5) is 28.8. The second-order valence-corrected chi connectivity index (χ2v) is 6.80. The van der Waals surface area contributed by atoms with Gasteiger partial charge >= 0.3 is 6.03 Å². The summed E-state index contributed by atoms with van der Waals surface area (Å²) >= 11 is 0. The fraction of sp³-hybridized carbons (Fsp3) is 0.333. The maximum Gasteiger partial charge on any atom is 0.321 e. The highest BCUT2D eigenvalue weighted by Gasteiger charge is 2.23. The number of amides is 2.